The van der Waals surface area contributed by atoms with Crippen LogP contribution in [0, 0.1) is 5.92 Å². The smallest absolute Gasteiger partial charge is 0.383 e. The van der Waals surface area contributed by atoms with Crippen molar-refractivity contribution in [1.29, 1.82) is 0 Å². The number of halogens is 5. The van der Waals surface area contributed by atoms with E-state index in [1.807, 2.05) is 0 Å². The van der Waals surface area contributed by atoms with E-state index in [-0.39, 0.29) is 23.7 Å². The van der Waals surface area contributed by atoms with Gasteiger partial charge in [-0.2, -0.15) is 18.3 Å². The van der Waals surface area contributed by atoms with E-state index in [1.165, 1.54) is 23.4 Å². The zero-order valence-corrected chi connectivity index (χ0v) is 18.3. The lowest BCUT2D eigenvalue weighted by Crippen LogP contribution is -2.44. The molecular weight excluding hydrogens is 468 g/mol. The Bertz CT molecular complexity index is 1080. The third-order valence-corrected chi connectivity index (χ3v) is 5.67. The lowest BCUT2D eigenvalue weighted by atomic mass is 9.82. The van der Waals surface area contributed by atoms with Crippen molar-refractivity contribution < 1.29 is 23.1 Å². The van der Waals surface area contributed by atoms with Crippen LogP contribution in [0.25, 0.3) is 0 Å². The van der Waals surface area contributed by atoms with Gasteiger partial charge in [0.1, 0.15) is 18.3 Å². The highest BCUT2D eigenvalue weighted by Gasteiger charge is 2.38. The Morgan fingerprint density at radius 3 is 2.44 bits per heavy atom. The van der Waals surface area contributed by atoms with Crippen molar-refractivity contribution in [3.8, 4) is 0 Å². The van der Waals surface area contributed by atoms with E-state index in [0.717, 1.165) is 24.3 Å². The highest BCUT2D eigenvalue weighted by molar-refractivity contribution is 6.35. The van der Waals surface area contributed by atoms with E-state index in [9.17, 15) is 23.1 Å². The zero-order chi connectivity index (χ0) is 23.5. The van der Waals surface area contributed by atoms with Gasteiger partial charge >= 0.3 is 6.18 Å². The molecule has 6 nitrogen and oxygen atoms in total. The number of benzene rings is 2. The summed E-state index contributed by atoms with van der Waals surface area (Å²) < 4.78 is 39.6. The molecule has 0 bridgehead atoms. The number of nitrogens with one attached hydrogen (secondary N) is 1. The molecule has 32 heavy (non-hydrogen) atoms. The van der Waals surface area contributed by atoms with E-state index in [1.54, 1.807) is 19.1 Å². The Kier molecular flexibility index (Phi) is 7.12. The van der Waals surface area contributed by atoms with Gasteiger partial charge in [-0.1, -0.05) is 36.2 Å². The standard InChI is InChI=1S/C21H19Cl2F3N4O2/c1-13(9-28-19(31)14-2-4-15(5-3-14)21(24,25)26)20(32,10-30-12-27-11-29-30)17-7-6-16(22)8-18(17)23/h2-8,11-13,32H,9-10H2,1H3,(H,28,31)/t13-,20+/m0/s1. The van der Waals surface area contributed by atoms with Crippen LogP contribution in [0.3, 0.4) is 0 Å². The molecule has 11 heteroatoms. The third kappa shape index (κ3) is 5.40. The van der Waals surface area contributed by atoms with Crippen LogP contribution in [0.1, 0.15) is 28.4 Å². The van der Waals surface area contributed by atoms with E-state index in [0.29, 0.717) is 10.6 Å². The Hall–Kier alpha value is -2.62. The zero-order valence-electron chi connectivity index (χ0n) is 16.8. The maximum absolute atomic E-state index is 12.7. The van der Waals surface area contributed by atoms with Gasteiger partial charge in [-0.15, -0.1) is 0 Å². The lowest BCUT2D eigenvalue weighted by Gasteiger charge is -2.35. The van der Waals surface area contributed by atoms with Gasteiger partial charge in [0.15, 0.2) is 0 Å². The monoisotopic (exact) mass is 486 g/mol. The van der Waals surface area contributed by atoms with Gasteiger partial charge in [-0.3, -0.25) is 4.79 Å². The summed E-state index contributed by atoms with van der Waals surface area (Å²) in [4.78, 5) is 16.3. The van der Waals surface area contributed by atoms with Gasteiger partial charge in [0, 0.05) is 33.6 Å². The number of hydrogen-bond acceptors (Lipinski definition) is 4. The minimum Gasteiger partial charge on any atom is -0.383 e. The number of carbonyl (C=O) groups is 1. The fourth-order valence-electron chi connectivity index (χ4n) is 3.24. The quantitative estimate of drug-likeness (QED) is 0.513. The number of aromatic nitrogens is 3. The lowest BCUT2D eigenvalue weighted by molar-refractivity contribution is -0.137. The normalized spacial score (nSPS) is 14.6. The number of carbonyl (C=O) groups excluding carboxylic acids is 1. The summed E-state index contributed by atoms with van der Waals surface area (Å²) in [5.41, 5.74) is -1.96. The second kappa shape index (κ2) is 9.48. The molecule has 1 heterocycles. The van der Waals surface area contributed by atoms with Gasteiger partial charge in [0.25, 0.3) is 5.91 Å². The van der Waals surface area contributed by atoms with Crippen molar-refractivity contribution in [3.05, 3.63) is 81.9 Å². The molecule has 2 aromatic carbocycles. The number of alkyl halides is 3. The van der Waals surface area contributed by atoms with Crippen molar-refractivity contribution >= 4 is 29.1 Å². The number of amides is 1. The maximum Gasteiger partial charge on any atom is 0.416 e. The van der Waals surface area contributed by atoms with Crippen LogP contribution in [-0.4, -0.2) is 32.3 Å². The highest BCUT2D eigenvalue weighted by atomic mass is 35.5. The van der Waals surface area contributed by atoms with Crippen LogP contribution in [0.5, 0.6) is 0 Å². The Morgan fingerprint density at radius 2 is 1.88 bits per heavy atom. The summed E-state index contributed by atoms with van der Waals surface area (Å²) in [7, 11) is 0. The number of aliphatic hydroxyl groups is 1. The van der Waals surface area contributed by atoms with Gasteiger partial charge in [0.2, 0.25) is 0 Å². The average molecular weight is 487 g/mol. The second-order valence-corrected chi connectivity index (χ2v) is 8.17. The molecule has 0 aliphatic rings. The molecule has 0 saturated carbocycles. The van der Waals surface area contributed by atoms with Gasteiger partial charge in [-0.05, 0) is 36.4 Å². The summed E-state index contributed by atoms with van der Waals surface area (Å²) in [6.45, 7) is 1.70. The van der Waals surface area contributed by atoms with Crippen LogP contribution in [0.15, 0.2) is 55.1 Å². The summed E-state index contributed by atoms with van der Waals surface area (Å²) >= 11 is 12.3. The molecule has 2 N–H and O–H groups in total. The van der Waals surface area contributed by atoms with Crippen LogP contribution in [0.2, 0.25) is 10.0 Å². The van der Waals surface area contributed by atoms with Crippen molar-refractivity contribution in [2.24, 2.45) is 5.92 Å². The fourth-order valence-corrected chi connectivity index (χ4v) is 3.81. The molecule has 0 radical (unpaired) electrons. The Balaban J connectivity index is 1.79. The first-order valence-electron chi connectivity index (χ1n) is 9.46. The van der Waals surface area contributed by atoms with Gasteiger partial charge in [0.05, 0.1) is 12.1 Å². The molecular formula is C21H19Cl2F3N4O2. The van der Waals surface area contributed by atoms with Gasteiger partial charge in [-0.25, -0.2) is 9.67 Å². The van der Waals surface area contributed by atoms with Crippen molar-refractivity contribution in [2.45, 2.75) is 25.2 Å². The molecule has 170 valence electrons. The summed E-state index contributed by atoms with van der Waals surface area (Å²) in [6.07, 6.45) is -1.73. The predicted octanol–water partition coefficient (Wildman–Crippen LogP) is 4.56. The van der Waals surface area contributed by atoms with Crippen LogP contribution in [-0.2, 0) is 18.3 Å². The minimum atomic E-state index is -4.49. The van der Waals surface area contributed by atoms with Crippen molar-refractivity contribution in [3.63, 3.8) is 0 Å². The summed E-state index contributed by atoms with van der Waals surface area (Å²) in [5.74, 6) is -1.15. The fraction of sp³-hybridized carbons (Fsp3) is 0.286. The van der Waals surface area contributed by atoms with E-state index in [4.69, 9.17) is 23.2 Å². The first kappa shape index (κ1) is 24.0. The molecule has 0 unspecified atom stereocenters. The predicted molar refractivity (Wildman–Crippen MR) is 113 cm³/mol. The highest BCUT2D eigenvalue weighted by Crippen LogP contribution is 2.37. The van der Waals surface area contributed by atoms with Crippen LogP contribution in [0.4, 0.5) is 13.2 Å². The van der Waals surface area contributed by atoms with E-state index >= 15 is 0 Å². The average Bonchev–Trinajstić information content (AvgIpc) is 3.23. The molecule has 0 spiro atoms. The number of hydrogen-bond donors (Lipinski definition) is 2. The molecule has 3 aromatic rings. The largest absolute Gasteiger partial charge is 0.416 e. The molecule has 3 rings (SSSR count). The molecule has 0 aliphatic heterocycles. The first-order valence-corrected chi connectivity index (χ1v) is 10.2. The van der Waals surface area contributed by atoms with Crippen LogP contribution >= 0.6 is 23.2 Å². The van der Waals surface area contributed by atoms with Crippen LogP contribution < -0.4 is 5.32 Å². The topological polar surface area (TPSA) is 80.0 Å². The summed E-state index contributed by atoms with van der Waals surface area (Å²) in [6, 6.07) is 8.55. The van der Waals surface area contributed by atoms with Crippen molar-refractivity contribution in [2.75, 3.05) is 6.54 Å². The Morgan fingerprint density at radius 1 is 1.19 bits per heavy atom. The Labute approximate surface area is 192 Å². The molecule has 1 amide bonds. The number of rotatable bonds is 7. The number of nitrogens with zero attached hydrogens (tertiary/aromatic N) is 3. The summed E-state index contributed by atoms with van der Waals surface area (Å²) in [5, 5.41) is 18.9. The maximum atomic E-state index is 12.7. The molecule has 0 saturated heterocycles. The second-order valence-electron chi connectivity index (χ2n) is 7.33. The SMILES string of the molecule is C[C@@H](CNC(=O)c1ccc(C(F)(F)F)cc1)[C@](O)(Cn1cncn1)c1ccc(Cl)cc1Cl. The first-order chi connectivity index (χ1) is 15.0. The van der Waals surface area contributed by atoms with Crippen molar-refractivity contribution in [1.82, 2.24) is 20.1 Å². The molecule has 2 atom stereocenters. The molecule has 0 aliphatic carbocycles. The van der Waals surface area contributed by atoms with E-state index in [2.05, 4.69) is 15.4 Å². The van der Waals surface area contributed by atoms with E-state index < -0.39 is 29.2 Å². The molecule has 0 fully saturated rings. The van der Waals surface area contributed by atoms with Gasteiger partial charge < -0.3 is 10.4 Å². The molecule has 1 aromatic heterocycles. The third-order valence-electron chi connectivity index (χ3n) is 5.13. The minimum absolute atomic E-state index is 0.00398.